The van der Waals surface area contributed by atoms with Crippen LogP contribution in [0.1, 0.15) is 5.56 Å². The zero-order valence-electron chi connectivity index (χ0n) is 8.43. The summed E-state index contributed by atoms with van der Waals surface area (Å²) in [5.74, 6) is 0. The molecule has 0 radical (unpaired) electrons. The summed E-state index contributed by atoms with van der Waals surface area (Å²) >= 11 is 3.26. The van der Waals surface area contributed by atoms with E-state index in [2.05, 4.69) is 22.5 Å². The SMILES string of the molecule is C=C(COCc1cccc(Br)c1)[B-](F)(F)F. The van der Waals surface area contributed by atoms with E-state index < -0.39 is 19.1 Å². The molecule has 0 amide bonds. The van der Waals surface area contributed by atoms with Crippen LogP contribution in [0.15, 0.2) is 40.8 Å². The molecule has 0 unspecified atom stereocenters. The summed E-state index contributed by atoms with van der Waals surface area (Å²) in [6.07, 6.45) is 0. The van der Waals surface area contributed by atoms with Gasteiger partial charge in [-0.1, -0.05) is 28.1 Å². The fourth-order valence-electron chi connectivity index (χ4n) is 1.02. The molecular formula is C10H10BBrF3O-. The predicted octanol–water partition coefficient (Wildman–Crippen LogP) is 3.91. The minimum atomic E-state index is -4.99. The summed E-state index contributed by atoms with van der Waals surface area (Å²) in [4.78, 5) is 0. The van der Waals surface area contributed by atoms with Gasteiger partial charge in [0.05, 0.1) is 6.61 Å². The van der Waals surface area contributed by atoms with Gasteiger partial charge < -0.3 is 17.7 Å². The van der Waals surface area contributed by atoms with Crippen molar-refractivity contribution < 1.29 is 17.7 Å². The summed E-state index contributed by atoms with van der Waals surface area (Å²) in [7, 11) is 0. The molecule has 0 fully saturated rings. The number of rotatable bonds is 5. The van der Waals surface area contributed by atoms with Gasteiger partial charge in [0.25, 0.3) is 0 Å². The van der Waals surface area contributed by atoms with E-state index in [4.69, 9.17) is 4.74 Å². The van der Waals surface area contributed by atoms with E-state index in [0.29, 0.717) is 0 Å². The molecule has 16 heavy (non-hydrogen) atoms. The Morgan fingerprint density at radius 3 is 2.62 bits per heavy atom. The molecule has 0 saturated carbocycles. The van der Waals surface area contributed by atoms with Crippen LogP contribution in [0.5, 0.6) is 0 Å². The fourth-order valence-corrected chi connectivity index (χ4v) is 1.47. The molecular weight excluding hydrogens is 284 g/mol. The van der Waals surface area contributed by atoms with E-state index in [1.54, 1.807) is 18.2 Å². The van der Waals surface area contributed by atoms with Crippen LogP contribution in [0.4, 0.5) is 12.9 Å². The van der Waals surface area contributed by atoms with Crippen molar-refractivity contribution >= 4 is 22.9 Å². The van der Waals surface area contributed by atoms with Gasteiger partial charge in [0.2, 0.25) is 0 Å². The highest BCUT2D eigenvalue weighted by molar-refractivity contribution is 9.10. The molecule has 0 saturated heterocycles. The third-order valence-corrected chi connectivity index (χ3v) is 2.40. The largest absolute Gasteiger partial charge is 0.507 e. The lowest BCUT2D eigenvalue weighted by molar-refractivity contribution is 0.143. The van der Waals surface area contributed by atoms with Crippen LogP contribution in [-0.4, -0.2) is 13.6 Å². The number of halogens is 4. The van der Waals surface area contributed by atoms with E-state index >= 15 is 0 Å². The van der Waals surface area contributed by atoms with Gasteiger partial charge in [0.15, 0.2) is 0 Å². The second kappa shape index (κ2) is 5.54. The molecule has 0 aromatic heterocycles. The van der Waals surface area contributed by atoms with E-state index in [-0.39, 0.29) is 6.61 Å². The zero-order chi connectivity index (χ0) is 12.2. The summed E-state index contributed by atoms with van der Waals surface area (Å²) in [5, 5.41) is 0. The number of hydrogen-bond donors (Lipinski definition) is 0. The Hall–Kier alpha value is -0.745. The fraction of sp³-hybridized carbons (Fsp3) is 0.200. The van der Waals surface area contributed by atoms with Crippen LogP contribution in [0.25, 0.3) is 0 Å². The van der Waals surface area contributed by atoms with Gasteiger partial charge in [-0.25, -0.2) is 0 Å². The maximum Gasteiger partial charge on any atom is 0.507 e. The van der Waals surface area contributed by atoms with Gasteiger partial charge in [-0.05, 0) is 17.7 Å². The monoisotopic (exact) mass is 293 g/mol. The lowest BCUT2D eigenvalue weighted by Crippen LogP contribution is -2.22. The highest BCUT2D eigenvalue weighted by atomic mass is 79.9. The third kappa shape index (κ3) is 4.41. The molecule has 1 rings (SSSR count). The van der Waals surface area contributed by atoms with Gasteiger partial charge in [0.1, 0.15) is 0 Å². The van der Waals surface area contributed by atoms with Crippen molar-refractivity contribution in [1.29, 1.82) is 0 Å². The Balaban J connectivity index is 2.39. The molecule has 88 valence electrons. The average Bonchev–Trinajstić information content (AvgIpc) is 2.16. The van der Waals surface area contributed by atoms with Gasteiger partial charge in [-0.15, -0.1) is 12.1 Å². The van der Waals surface area contributed by atoms with Crippen molar-refractivity contribution in [3.63, 3.8) is 0 Å². The molecule has 1 aromatic carbocycles. The zero-order valence-corrected chi connectivity index (χ0v) is 10.0. The molecule has 0 aliphatic rings. The Bertz CT molecular complexity index is 379. The number of benzene rings is 1. The standard InChI is InChI=1S/C10H10BBrF3O/c1-8(11(13,14)15)6-16-7-9-3-2-4-10(12)5-9/h2-5H,1,6-7H2/q-1. The van der Waals surface area contributed by atoms with Crippen molar-refractivity contribution in [2.24, 2.45) is 0 Å². The smallest absolute Gasteiger partial charge is 0.445 e. The predicted molar refractivity (Wildman–Crippen MR) is 62.0 cm³/mol. The Morgan fingerprint density at radius 2 is 2.06 bits per heavy atom. The lowest BCUT2D eigenvalue weighted by atomic mass is 9.81. The summed E-state index contributed by atoms with van der Waals surface area (Å²) in [5.41, 5.74) is 0.00634. The summed E-state index contributed by atoms with van der Waals surface area (Å²) in [6.45, 7) is -2.38. The average molecular weight is 294 g/mol. The van der Waals surface area contributed by atoms with Crippen LogP contribution < -0.4 is 0 Å². The highest BCUT2D eigenvalue weighted by Gasteiger charge is 2.26. The molecule has 0 aliphatic carbocycles. The molecule has 0 spiro atoms. The van der Waals surface area contributed by atoms with E-state index in [9.17, 15) is 12.9 Å². The van der Waals surface area contributed by atoms with E-state index in [0.717, 1.165) is 10.0 Å². The molecule has 6 heteroatoms. The minimum absolute atomic E-state index is 0.143. The van der Waals surface area contributed by atoms with Crippen molar-refractivity contribution in [3.8, 4) is 0 Å². The molecule has 0 aliphatic heterocycles. The maximum absolute atomic E-state index is 12.1. The lowest BCUT2D eigenvalue weighted by Gasteiger charge is -2.17. The second-order valence-electron chi connectivity index (χ2n) is 3.36. The van der Waals surface area contributed by atoms with E-state index in [1.165, 1.54) is 0 Å². The van der Waals surface area contributed by atoms with Gasteiger partial charge in [0, 0.05) is 11.1 Å². The first-order valence-corrected chi connectivity index (χ1v) is 5.38. The second-order valence-corrected chi connectivity index (χ2v) is 4.27. The Labute approximate surface area is 100 Å². The van der Waals surface area contributed by atoms with Crippen molar-refractivity contribution in [2.75, 3.05) is 6.61 Å². The topological polar surface area (TPSA) is 9.23 Å². The van der Waals surface area contributed by atoms with Crippen LogP contribution >= 0.6 is 15.9 Å². The summed E-state index contributed by atoms with van der Waals surface area (Å²) in [6, 6.07) is 7.21. The van der Waals surface area contributed by atoms with Gasteiger partial charge in [-0.2, -0.15) is 0 Å². The first-order valence-electron chi connectivity index (χ1n) is 4.59. The highest BCUT2D eigenvalue weighted by Crippen LogP contribution is 2.19. The molecule has 1 aromatic rings. The molecule has 0 heterocycles. The van der Waals surface area contributed by atoms with Crippen molar-refractivity contribution in [3.05, 3.63) is 46.4 Å². The molecule has 0 bridgehead atoms. The quantitative estimate of drug-likeness (QED) is 0.748. The third-order valence-electron chi connectivity index (χ3n) is 1.91. The summed E-state index contributed by atoms with van der Waals surface area (Å²) < 4.78 is 42.1. The van der Waals surface area contributed by atoms with Crippen LogP contribution in [-0.2, 0) is 11.3 Å². The van der Waals surface area contributed by atoms with Crippen molar-refractivity contribution in [1.82, 2.24) is 0 Å². The van der Waals surface area contributed by atoms with Gasteiger partial charge in [-0.3, -0.25) is 0 Å². The van der Waals surface area contributed by atoms with Crippen LogP contribution in [0.2, 0.25) is 0 Å². The van der Waals surface area contributed by atoms with Crippen molar-refractivity contribution in [2.45, 2.75) is 6.61 Å². The molecule has 0 N–H and O–H groups in total. The maximum atomic E-state index is 12.1. The first-order chi connectivity index (χ1) is 7.39. The normalized spacial score (nSPS) is 11.5. The molecule has 0 atom stereocenters. The Morgan fingerprint density at radius 1 is 1.38 bits per heavy atom. The number of ether oxygens (including phenoxy) is 1. The Kier molecular flexibility index (Phi) is 4.62. The molecule has 1 nitrogen and oxygen atoms in total. The van der Waals surface area contributed by atoms with Crippen LogP contribution in [0, 0.1) is 0 Å². The van der Waals surface area contributed by atoms with Crippen LogP contribution in [0.3, 0.4) is 0 Å². The van der Waals surface area contributed by atoms with E-state index in [1.807, 2.05) is 6.07 Å². The minimum Gasteiger partial charge on any atom is -0.445 e. The number of hydrogen-bond acceptors (Lipinski definition) is 1. The van der Waals surface area contributed by atoms with Gasteiger partial charge >= 0.3 is 6.98 Å². The first kappa shape index (κ1) is 13.3.